The second-order valence-electron chi connectivity index (χ2n) is 5.74. The molecule has 0 saturated carbocycles. The Morgan fingerprint density at radius 3 is 2.48 bits per heavy atom. The van der Waals surface area contributed by atoms with Gasteiger partial charge in [-0.25, -0.2) is 0 Å². The molecule has 0 aliphatic carbocycles. The molecule has 1 saturated heterocycles. The van der Waals surface area contributed by atoms with Gasteiger partial charge in [0.2, 0.25) is 5.91 Å². The molecule has 0 atom stereocenters. The summed E-state index contributed by atoms with van der Waals surface area (Å²) < 4.78 is 1.86. The summed E-state index contributed by atoms with van der Waals surface area (Å²) in [5.41, 5.74) is 8.68. The van der Waals surface area contributed by atoms with Crippen molar-refractivity contribution in [1.29, 1.82) is 0 Å². The van der Waals surface area contributed by atoms with Gasteiger partial charge in [0.25, 0.3) is 0 Å². The van der Waals surface area contributed by atoms with Gasteiger partial charge in [-0.15, -0.1) is 10.2 Å². The van der Waals surface area contributed by atoms with Crippen molar-refractivity contribution in [3.8, 4) is 5.69 Å². The molecule has 1 aromatic heterocycles. The standard InChI is InChI=1S/C16H22N6O/c1-2-3-16(23)21-8-6-20(7-9-21)14-5-4-13(17)10-15(14)22-11-18-19-12-22/h4-5,10-12H,2-3,6-9,17H2,1H3. The van der Waals surface area contributed by atoms with E-state index in [1.807, 2.05) is 34.6 Å². The zero-order chi connectivity index (χ0) is 16.2. The highest BCUT2D eigenvalue weighted by atomic mass is 16.2. The van der Waals surface area contributed by atoms with Crippen LogP contribution in [-0.4, -0.2) is 51.8 Å². The van der Waals surface area contributed by atoms with E-state index in [4.69, 9.17) is 5.73 Å². The van der Waals surface area contributed by atoms with Crippen molar-refractivity contribution in [1.82, 2.24) is 19.7 Å². The Morgan fingerprint density at radius 1 is 1.13 bits per heavy atom. The molecule has 23 heavy (non-hydrogen) atoms. The van der Waals surface area contributed by atoms with Crippen LogP contribution in [-0.2, 0) is 4.79 Å². The maximum atomic E-state index is 12.0. The van der Waals surface area contributed by atoms with Crippen LogP contribution in [0.2, 0.25) is 0 Å². The molecule has 1 aromatic carbocycles. The molecule has 0 radical (unpaired) electrons. The van der Waals surface area contributed by atoms with E-state index in [-0.39, 0.29) is 5.91 Å². The first-order chi connectivity index (χ1) is 11.2. The van der Waals surface area contributed by atoms with E-state index in [2.05, 4.69) is 15.1 Å². The van der Waals surface area contributed by atoms with Gasteiger partial charge in [-0.1, -0.05) is 6.92 Å². The van der Waals surface area contributed by atoms with Gasteiger partial charge in [0.1, 0.15) is 12.7 Å². The van der Waals surface area contributed by atoms with E-state index in [1.165, 1.54) is 0 Å². The molecule has 2 heterocycles. The molecule has 1 aliphatic heterocycles. The average molecular weight is 314 g/mol. The van der Waals surface area contributed by atoms with E-state index >= 15 is 0 Å². The second kappa shape index (κ2) is 6.68. The molecule has 1 fully saturated rings. The van der Waals surface area contributed by atoms with Crippen LogP contribution in [0, 0.1) is 0 Å². The molecule has 0 bridgehead atoms. The highest BCUT2D eigenvalue weighted by Crippen LogP contribution is 2.27. The number of nitrogens with zero attached hydrogens (tertiary/aromatic N) is 5. The minimum absolute atomic E-state index is 0.253. The number of nitrogens with two attached hydrogens (primary N) is 1. The summed E-state index contributed by atoms with van der Waals surface area (Å²) in [6, 6.07) is 5.85. The van der Waals surface area contributed by atoms with Crippen molar-refractivity contribution in [3.05, 3.63) is 30.9 Å². The molecule has 3 rings (SSSR count). The fraction of sp³-hybridized carbons (Fsp3) is 0.438. The number of carbonyl (C=O) groups is 1. The van der Waals surface area contributed by atoms with E-state index in [1.54, 1.807) is 12.7 Å². The lowest BCUT2D eigenvalue weighted by molar-refractivity contribution is -0.131. The molecule has 1 aliphatic rings. The molecule has 0 spiro atoms. The van der Waals surface area contributed by atoms with Gasteiger partial charge in [-0.3, -0.25) is 9.36 Å². The maximum absolute atomic E-state index is 12.0. The number of rotatable bonds is 4. The Bertz CT molecular complexity index is 661. The summed E-state index contributed by atoms with van der Waals surface area (Å²) >= 11 is 0. The molecule has 1 amide bonds. The van der Waals surface area contributed by atoms with Crippen LogP contribution in [0.15, 0.2) is 30.9 Å². The smallest absolute Gasteiger partial charge is 0.222 e. The lowest BCUT2D eigenvalue weighted by atomic mass is 10.2. The van der Waals surface area contributed by atoms with Gasteiger partial charge in [-0.2, -0.15) is 0 Å². The number of piperazine rings is 1. The highest BCUT2D eigenvalue weighted by Gasteiger charge is 2.22. The van der Waals surface area contributed by atoms with Crippen molar-refractivity contribution in [3.63, 3.8) is 0 Å². The quantitative estimate of drug-likeness (QED) is 0.860. The fourth-order valence-electron chi connectivity index (χ4n) is 2.91. The molecule has 122 valence electrons. The zero-order valence-corrected chi connectivity index (χ0v) is 13.4. The third-order valence-electron chi connectivity index (χ3n) is 4.13. The lowest BCUT2D eigenvalue weighted by Crippen LogP contribution is -2.49. The van der Waals surface area contributed by atoms with Crippen molar-refractivity contribution < 1.29 is 4.79 Å². The topological polar surface area (TPSA) is 80.3 Å². The third kappa shape index (κ3) is 3.28. The molecular weight excluding hydrogens is 292 g/mol. The predicted molar refractivity (Wildman–Crippen MR) is 89.5 cm³/mol. The van der Waals surface area contributed by atoms with Crippen LogP contribution >= 0.6 is 0 Å². The van der Waals surface area contributed by atoms with Crippen molar-refractivity contribution in [2.45, 2.75) is 19.8 Å². The van der Waals surface area contributed by atoms with E-state index in [0.717, 1.165) is 44.0 Å². The lowest BCUT2D eigenvalue weighted by Gasteiger charge is -2.37. The normalized spacial score (nSPS) is 15.0. The Labute approximate surface area is 135 Å². The number of amides is 1. The average Bonchev–Trinajstić information content (AvgIpc) is 3.09. The molecule has 7 heteroatoms. The number of carbonyl (C=O) groups excluding carboxylic acids is 1. The highest BCUT2D eigenvalue weighted by molar-refractivity contribution is 5.76. The predicted octanol–water partition coefficient (Wildman–Crippen LogP) is 1.30. The van der Waals surface area contributed by atoms with Crippen LogP contribution in [0.3, 0.4) is 0 Å². The summed E-state index contributed by atoms with van der Waals surface area (Å²) in [6.45, 7) is 5.17. The Hall–Kier alpha value is -2.57. The number of aromatic nitrogens is 3. The minimum Gasteiger partial charge on any atom is -0.399 e. The Balaban J connectivity index is 1.77. The van der Waals surface area contributed by atoms with Crippen molar-refractivity contribution >= 4 is 17.3 Å². The van der Waals surface area contributed by atoms with E-state index in [9.17, 15) is 4.79 Å². The first-order valence-corrected chi connectivity index (χ1v) is 7.96. The van der Waals surface area contributed by atoms with Crippen molar-refractivity contribution in [2.24, 2.45) is 0 Å². The van der Waals surface area contributed by atoms with Gasteiger partial charge < -0.3 is 15.5 Å². The molecule has 0 unspecified atom stereocenters. The number of hydrogen-bond donors (Lipinski definition) is 1. The first-order valence-electron chi connectivity index (χ1n) is 7.96. The minimum atomic E-state index is 0.253. The first kappa shape index (κ1) is 15.3. The van der Waals surface area contributed by atoms with Gasteiger partial charge in [0.05, 0.1) is 11.4 Å². The number of benzene rings is 1. The maximum Gasteiger partial charge on any atom is 0.222 e. The van der Waals surface area contributed by atoms with E-state index < -0.39 is 0 Å². The summed E-state index contributed by atoms with van der Waals surface area (Å²) in [5, 5.41) is 7.74. The second-order valence-corrected chi connectivity index (χ2v) is 5.74. The monoisotopic (exact) mass is 314 g/mol. The molecule has 2 aromatic rings. The summed E-state index contributed by atoms with van der Waals surface area (Å²) in [7, 11) is 0. The number of anilines is 2. The van der Waals surface area contributed by atoms with Crippen LogP contribution in [0.1, 0.15) is 19.8 Å². The van der Waals surface area contributed by atoms with Gasteiger partial charge >= 0.3 is 0 Å². The summed E-state index contributed by atoms with van der Waals surface area (Å²) in [6.07, 6.45) is 4.86. The van der Waals surface area contributed by atoms with E-state index in [0.29, 0.717) is 12.1 Å². The zero-order valence-electron chi connectivity index (χ0n) is 13.4. The number of nitrogen functional groups attached to an aromatic ring is 1. The summed E-state index contributed by atoms with van der Waals surface area (Å²) in [5.74, 6) is 0.253. The number of hydrogen-bond acceptors (Lipinski definition) is 5. The molecular formula is C16H22N6O. The van der Waals surface area contributed by atoms with Gasteiger partial charge in [0, 0.05) is 38.3 Å². The Morgan fingerprint density at radius 2 is 1.83 bits per heavy atom. The van der Waals surface area contributed by atoms with Gasteiger partial charge in [0.15, 0.2) is 0 Å². The summed E-state index contributed by atoms with van der Waals surface area (Å²) in [4.78, 5) is 16.2. The van der Waals surface area contributed by atoms with Gasteiger partial charge in [-0.05, 0) is 24.6 Å². The largest absolute Gasteiger partial charge is 0.399 e. The SMILES string of the molecule is CCCC(=O)N1CCN(c2ccc(N)cc2-n2cnnc2)CC1. The van der Waals surface area contributed by atoms with Crippen LogP contribution in [0.25, 0.3) is 5.69 Å². The fourth-order valence-corrected chi connectivity index (χ4v) is 2.91. The Kier molecular flexibility index (Phi) is 4.45. The van der Waals surface area contributed by atoms with Crippen LogP contribution in [0.4, 0.5) is 11.4 Å². The van der Waals surface area contributed by atoms with Crippen LogP contribution < -0.4 is 10.6 Å². The van der Waals surface area contributed by atoms with Crippen molar-refractivity contribution in [2.75, 3.05) is 36.8 Å². The third-order valence-corrected chi connectivity index (χ3v) is 4.13. The van der Waals surface area contributed by atoms with Crippen LogP contribution in [0.5, 0.6) is 0 Å². The molecule has 7 nitrogen and oxygen atoms in total. The molecule has 2 N–H and O–H groups in total.